The Morgan fingerprint density at radius 3 is 2.37 bits per heavy atom. The fraction of sp³-hybridized carbons (Fsp3) is 0.429. The van der Waals surface area contributed by atoms with E-state index in [2.05, 4.69) is 44.4 Å². The van der Waals surface area contributed by atoms with E-state index in [0.29, 0.717) is 11.6 Å². The lowest BCUT2D eigenvalue weighted by Gasteiger charge is -2.55. The zero-order valence-corrected chi connectivity index (χ0v) is 15.2. The van der Waals surface area contributed by atoms with Gasteiger partial charge in [-0.15, -0.1) is 0 Å². The van der Waals surface area contributed by atoms with Crippen LogP contribution in [0.2, 0.25) is 0 Å². The van der Waals surface area contributed by atoms with E-state index in [1.807, 2.05) is 6.07 Å². The van der Waals surface area contributed by atoms with Crippen molar-refractivity contribution in [1.82, 2.24) is 20.1 Å². The normalized spacial score (nSPS) is 34.2. The van der Waals surface area contributed by atoms with Gasteiger partial charge in [0.1, 0.15) is 5.69 Å². The molecule has 27 heavy (non-hydrogen) atoms. The molecule has 6 heteroatoms. The number of hydrogen-bond acceptors (Lipinski definition) is 4. The lowest BCUT2D eigenvalue weighted by Crippen LogP contribution is -2.70. The fourth-order valence-corrected chi connectivity index (χ4v) is 5.37. The Balaban J connectivity index is 1.53. The molecule has 4 aliphatic rings. The van der Waals surface area contributed by atoms with Gasteiger partial charge in [0.15, 0.2) is 0 Å². The van der Waals surface area contributed by atoms with Gasteiger partial charge in [0, 0.05) is 62.7 Å². The molecule has 5 heterocycles. The summed E-state index contributed by atoms with van der Waals surface area (Å²) in [6.45, 7) is 6.14. The van der Waals surface area contributed by atoms with Gasteiger partial charge in [-0.2, -0.15) is 0 Å². The van der Waals surface area contributed by atoms with E-state index in [4.69, 9.17) is 0 Å². The molecule has 4 bridgehead atoms. The number of benzene rings is 1. The third kappa shape index (κ3) is 2.80. The van der Waals surface area contributed by atoms with Gasteiger partial charge in [0.05, 0.1) is 0 Å². The van der Waals surface area contributed by atoms with Gasteiger partial charge in [0.2, 0.25) is 5.56 Å². The molecule has 6 nitrogen and oxygen atoms in total. The zero-order valence-electron chi connectivity index (χ0n) is 15.2. The first-order valence-corrected chi connectivity index (χ1v) is 9.64. The number of H-pyrrole nitrogens is 1. The predicted molar refractivity (Wildman–Crippen MR) is 103 cm³/mol. The Labute approximate surface area is 158 Å². The summed E-state index contributed by atoms with van der Waals surface area (Å²) in [5.74, 6) is 0.193. The van der Waals surface area contributed by atoms with Crippen molar-refractivity contribution >= 4 is 5.91 Å². The molecule has 1 aromatic carbocycles. The maximum Gasteiger partial charge on any atom is 0.268 e. The first-order chi connectivity index (χ1) is 13.1. The van der Waals surface area contributed by atoms with Crippen LogP contribution in [0.5, 0.6) is 0 Å². The average Bonchev–Trinajstić information content (AvgIpc) is 2.93. The number of fused-ring (bicyclic) bond motifs is 1. The van der Waals surface area contributed by atoms with Gasteiger partial charge in [-0.1, -0.05) is 36.4 Å². The number of carbonyl (C=O) groups is 1. The molecule has 4 fully saturated rings. The molecule has 4 aliphatic heterocycles. The molecule has 0 spiro atoms. The Bertz CT molecular complexity index is 894. The number of rotatable bonds is 3. The molecule has 0 radical (unpaired) electrons. The molecular weight excluding hydrogens is 340 g/mol. The number of nitrogens with one attached hydrogen (secondary N) is 2. The lowest BCUT2D eigenvalue weighted by molar-refractivity contribution is 0.0179. The van der Waals surface area contributed by atoms with E-state index in [9.17, 15) is 9.59 Å². The number of nitrogens with zero attached hydrogens (tertiary/aromatic N) is 2. The summed E-state index contributed by atoms with van der Waals surface area (Å²) in [6, 6.07) is 15.4. The van der Waals surface area contributed by atoms with Crippen LogP contribution in [0.25, 0.3) is 0 Å². The molecule has 1 amide bonds. The molecule has 3 unspecified atom stereocenters. The first-order valence-electron chi connectivity index (χ1n) is 9.64. The summed E-state index contributed by atoms with van der Waals surface area (Å²) in [4.78, 5) is 32.3. The predicted octanol–water partition coefficient (Wildman–Crippen LogP) is 0.672. The second-order valence-corrected chi connectivity index (χ2v) is 8.13. The lowest BCUT2D eigenvalue weighted by atomic mass is 9.64. The number of carbonyl (C=O) groups excluding carboxylic acids is 1. The summed E-state index contributed by atoms with van der Waals surface area (Å²) in [5.41, 5.74) is 1.25. The molecule has 4 saturated heterocycles. The Morgan fingerprint density at radius 2 is 1.70 bits per heavy atom. The highest BCUT2D eigenvalue weighted by atomic mass is 16.2. The van der Waals surface area contributed by atoms with E-state index >= 15 is 0 Å². The highest BCUT2D eigenvalue weighted by Gasteiger charge is 2.55. The van der Waals surface area contributed by atoms with Crippen molar-refractivity contribution < 1.29 is 4.79 Å². The molecule has 3 atom stereocenters. The van der Waals surface area contributed by atoms with Crippen LogP contribution in [0, 0.1) is 5.92 Å². The molecule has 2 N–H and O–H groups in total. The van der Waals surface area contributed by atoms with Crippen molar-refractivity contribution in [2.45, 2.75) is 11.5 Å². The molecule has 0 saturated carbocycles. The quantitative estimate of drug-likeness (QED) is 0.840. The van der Waals surface area contributed by atoms with Crippen molar-refractivity contribution in [3.63, 3.8) is 0 Å². The molecule has 6 rings (SSSR count). The molecule has 2 aromatic rings. The number of aromatic amines is 1. The van der Waals surface area contributed by atoms with Crippen molar-refractivity contribution in [2.24, 2.45) is 5.92 Å². The van der Waals surface area contributed by atoms with Crippen LogP contribution in [-0.2, 0) is 5.41 Å². The number of amides is 1. The number of piperidine rings is 2. The minimum atomic E-state index is -0.250. The Kier molecular flexibility index (Phi) is 3.91. The van der Waals surface area contributed by atoms with Gasteiger partial charge in [-0.05, 0) is 11.6 Å². The van der Waals surface area contributed by atoms with Crippen LogP contribution in [0.15, 0.2) is 53.3 Å². The standard InChI is InChI=1S/C21H24N4O2/c26-18-8-4-7-17(22-18)20(27)23-19-15-11-24-9-10-25(12-15)14-21(19,13-24)16-5-2-1-3-6-16/h1-8,15,19H,9-14H2,(H,22,26)(H,23,27). The fourth-order valence-electron chi connectivity index (χ4n) is 5.37. The number of aromatic nitrogens is 1. The van der Waals surface area contributed by atoms with Crippen LogP contribution >= 0.6 is 0 Å². The number of pyridine rings is 1. The second kappa shape index (κ2) is 6.32. The average molecular weight is 364 g/mol. The molecule has 1 aromatic heterocycles. The Hall–Kier alpha value is -2.44. The smallest absolute Gasteiger partial charge is 0.268 e. The van der Waals surface area contributed by atoms with E-state index in [1.54, 1.807) is 12.1 Å². The van der Waals surface area contributed by atoms with Gasteiger partial charge in [-0.25, -0.2) is 0 Å². The van der Waals surface area contributed by atoms with Crippen LogP contribution in [0.1, 0.15) is 16.1 Å². The topological polar surface area (TPSA) is 68.4 Å². The molecule has 140 valence electrons. The third-order valence-electron chi connectivity index (χ3n) is 6.44. The van der Waals surface area contributed by atoms with Gasteiger partial charge < -0.3 is 20.1 Å². The van der Waals surface area contributed by atoms with Crippen molar-refractivity contribution in [2.75, 3.05) is 39.3 Å². The van der Waals surface area contributed by atoms with Gasteiger partial charge in [-0.3, -0.25) is 9.59 Å². The van der Waals surface area contributed by atoms with Crippen LogP contribution in [-0.4, -0.2) is 66.0 Å². The summed E-state index contributed by atoms with van der Waals surface area (Å²) >= 11 is 0. The summed E-state index contributed by atoms with van der Waals surface area (Å²) < 4.78 is 0. The highest BCUT2D eigenvalue weighted by molar-refractivity contribution is 5.92. The van der Waals surface area contributed by atoms with Gasteiger partial charge >= 0.3 is 0 Å². The van der Waals surface area contributed by atoms with Gasteiger partial charge in [0.25, 0.3) is 5.91 Å². The summed E-state index contributed by atoms with van der Waals surface area (Å²) in [7, 11) is 0. The SMILES string of the molecule is O=C(NC1C2CN3CCN(C2)CC1(c1ccccc1)C3)c1cccc(=O)[nH]1. The number of hydrogen-bond donors (Lipinski definition) is 2. The van der Waals surface area contributed by atoms with Crippen molar-refractivity contribution in [3.05, 3.63) is 70.1 Å². The van der Waals surface area contributed by atoms with Crippen LogP contribution < -0.4 is 10.9 Å². The molecular formula is C21H24N4O2. The summed E-state index contributed by atoms with van der Waals surface area (Å²) in [6.07, 6.45) is 0. The minimum absolute atomic E-state index is 0.0571. The van der Waals surface area contributed by atoms with Crippen molar-refractivity contribution in [3.8, 4) is 0 Å². The third-order valence-corrected chi connectivity index (χ3v) is 6.44. The van der Waals surface area contributed by atoms with Crippen LogP contribution in [0.3, 0.4) is 0 Å². The maximum atomic E-state index is 12.9. The second-order valence-electron chi connectivity index (χ2n) is 8.13. The maximum absolute atomic E-state index is 12.9. The minimum Gasteiger partial charge on any atom is -0.347 e. The zero-order chi connectivity index (χ0) is 18.4. The van der Waals surface area contributed by atoms with E-state index in [0.717, 1.165) is 39.3 Å². The summed E-state index contributed by atoms with van der Waals surface area (Å²) in [5, 5.41) is 3.31. The van der Waals surface area contributed by atoms with Crippen molar-refractivity contribution in [1.29, 1.82) is 0 Å². The molecule has 0 aliphatic carbocycles. The Morgan fingerprint density at radius 1 is 1.00 bits per heavy atom. The van der Waals surface area contributed by atoms with Crippen LogP contribution in [0.4, 0.5) is 0 Å². The largest absolute Gasteiger partial charge is 0.347 e. The highest BCUT2D eigenvalue weighted by Crippen LogP contribution is 2.43. The first kappa shape index (κ1) is 16.7. The van der Waals surface area contributed by atoms with E-state index in [-0.39, 0.29) is 22.9 Å². The van der Waals surface area contributed by atoms with E-state index < -0.39 is 0 Å². The van der Waals surface area contributed by atoms with E-state index in [1.165, 1.54) is 11.6 Å². The monoisotopic (exact) mass is 364 g/mol.